The van der Waals surface area contributed by atoms with Gasteiger partial charge >= 0.3 is 0 Å². The van der Waals surface area contributed by atoms with Crippen LogP contribution in [0.15, 0.2) is 41.3 Å². The molecule has 1 aliphatic rings. The van der Waals surface area contributed by atoms with Gasteiger partial charge in [0.05, 0.1) is 22.1 Å². The van der Waals surface area contributed by atoms with Crippen LogP contribution in [-0.2, 0) is 4.79 Å². The average molecular weight is 623 g/mol. The summed E-state index contributed by atoms with van der Waals surface area (Å²) in [4.78, 5) is 26.3. The van der Waals surface area contributed by atoms with Crippen LogP contribution in [0.5, 0.6) is 17.2 Å². The highest BCUT2D eigenvalue weighted by Gasteiger charge is 2.35. The van der Waals surface area contributed by atoms with Crippen LogP contribution in [0.4, 0.5) is 4.79 Å². The highest BCUT2D eigenvalue weighted by molar-refractivity contribution is 14.1. The monoisotopic (exact) mass is 623 g/mol. The van der Waals surface area contributed by atoms with Crippen molar-refractivity contribution in [2.75, 3.05) is 20.3 Å². The Morgan fingerprint density at radius 3 is 2.61 bits per heavy atom. The van der Waals surface area contributed by atoms with E-state index in [9.17, 15) is 14.7 Å². The van der Waals surface area contributed by atoms with Crippen LogP contribution in [-0.4, -0.2) is 41.4 Å². The van der Waals surface area contributed by atoms with Crippen molar-refractivity contribution in [3.05, 3.63) is 54.0 Å². The average Bonchev–Trinajstić information content (AvgIpc) is 2.93. The molecule has 0 aliphatic carbocycles. The van der Waals surface area contributed by atoms with Crippen molar-refractivity contribution in [1.82, 2.24) is 4.90 Å². The van der Waals surface area contributed by atoms with Crippen molar-refractivity contribution in [3.63, 3.8) is 0 Å². The second kappa shape index (κ2) is 9.35. The molecule has 9 heteroatoms. The van der Waals surface area contributed by atoms with E-state index < -0.39 is 5.91 Å². The summed E-state index contributed by atoms with van der Waals surface area (Å²) < 4.78 is 12.5. The number of halogens is 2. The van der Waals surface area contributed by atoms with Crippen molar-refractivity contribution in [3.8, 4) is 17.2 Å². The molecule has 6 nitrogen and oxygen atoms in total. The lowest BCUT2D eigenvalue weighted by Gasteiger charge is -2.14. The number of phenolic OH excluding ortho intramolecular Hbond substituents is 1. The number of benzene rings is 2. The number of imide groups is 1. The van der Waals surface area contributed by atoms with E-state index in [0.29, 0.717) is 20.6 Å². The Kier molecular flexibility index (Phi) is 7.10. The lowest BCUT2D eigenvalue weighted by Crippen LogP contribution is -2.32. The number of methoxy groups -OCH3 is 1. The molecule has 2 aromatic carbocycles. The van der Waals surface area contributed by atoms with Crippen LogP contribution >= 0.6 is 56.9 Å². The number of amides is 2. The fourth-order valence-corrected chi connectivity index (χ4v) is 5.26. The van der Waals surface area contributed by atoms with Crippen LogP contribution in [0, 0.1) is 7.14 Å². The molecule has 1 saturated heterocycles. The first kappa shape index (κ1) is 21.2. The molecule has 0 spiro atoms. The van der Waals surface area contributed by atoms with Crippen LogP contribution in [0.2, 0.25) is 0 Å². The quantitative estimate of drug-likeness (QED) is 0.371. The minimum absolute atomic E-state index is 0.0901. The third-order valence-corrected chi connectivity index (χ3v) is 6.21. The number of thioether (sulfide) groups is 1. The highest BCUT2D eigenvalue weighted by Crippen LogP contribution is 2.35. The van der Waals surface area contributed by atoms with Gasteiger partial charge in [0.25, 0.3) is 11.1 Å². The summed E-state index contributed by atoms with van der Waals surface area (Å²) in [6, 6.07) is 10.8. The zero-order chi connectivity index (χ0) is 20.3. The maximum Gasteiger partial charge on any atom is 0.293 e. The Morgan fingerprint density at radius 1 is 1.18 bits per heavy atom. The normalized spacial score (nSPS) is 15.4. The zero-order valence-electron chi connectivity index (χ0n) is 14.6. The smallest absolute Gasteiger partial charge is 0.293 e. The number of para-hydroxylation sites is 2. The van der Waals surface area contributed by atoms with Crippen molar-refractivity contribution >= 4 is 74.2 Å². The van der Waals surface area contributed by atoms with Gasteiger partial charge in [-0.3, -0.25) is 14.5 Å². The molecule has 1 N–H and O–H groups in total. The molecule has 0 bridgehead atoms. The molecule has 1 heterocycles. The Morgan fingerprint density at radius 2 is 1.89 bits per heavy atom. The number of ether oxygens (including phenoxy) is 2. The van der Waals surface area contributed by atoms with Gasteiger partial charge in [-0.15, -0.1) is 0 Å². The van der Waals surface area contributed by atoms with Crippen molar-refractivity contribution in [2.45, 2.75) is 0 Å². The first-order valence-electron chi connectivity index (χ1n) is 8.10. The van der Waals surface area contributed by atoms with E-state index in [1.807, 2.05) is 40.8 Å². The van der Waals surface area contributed by atoms with Gasteiger partial charge < -0.3 is 14.6 Å². The minimum Gasteiger partial charge on any atom is -0.506 e. The Hall–Kier alpha value is -1.47. The van der Waals surface area contributed by atoms with Gasteiger partial charge in [-0.1, -0.05) is 12.1 Å². The maximum absolute atomic E-state index is 12.6. The Labute approximate surface area is 193 Å². The minimum atomic E-state index is -0.396. The number of nitrogens with zero attached hydrogens (tertiary/aromatic N) is 1. The molecule has 0 saturated carbocycles. The zero-order valence-corrected chi connectivity index (χ0v) is 19.8. The first-order chi connectivity index (χ1) is 13.4. The number of phenols is 1. The fourth-order valence-electron chi connectivity index (χ4n) is 2.51. The van der Waals surface area contributed by atoms with Crippen molar-refractivity contribution < 1.29 is 24.2 Å². The first-order valence-corrected chi connectivity index (χ1v) is 11.1. The van der Waals surface area contributed by atoms with E-state index >= 15 is 0 Å². The van der Waals surface area contributed by atoms with E-state index in [0.717, 1.165) is 20.2 Å². The number of carbonyl (C=O) groups excluding carboxylic acids is 2. The summed E-state index contributed by atoms with van der Waals surface area (Å²) >= 11 is 5.01. The molecule has 1 aliphatic heterocycles. The van der Waals surface area contributed by atoms with E-state index in [-0.39, 0.29) is 29.0 Å². The Balaban J connectivity index is 1.70. The van der Waals surface area contributed by atoms with Crippen molar-refractivity contribution in [2.24, 2.45) is 0 Å². The van der Waals surface area contributed by atoms with Gasteiger partial charge in [0.1, 0.15) is 12.4 Å². The molecule has 28 heavy (non-hydrogen) atoms. The van der Waals surface area contributed by atoms with Crippen LogP contribution in [0.3, 0.4) is 0 Å². The SMILES string of the molecule is COc1ccccc1OCCN1C(=O)S/C(=C\c2cc(I)cc(I)c2O)C1=O. The Bertz CT molecular complexity index is 963. The molecule has 1 fully saturated rings. The second-order valence-corrected chi connectivity index (χ2v) is 9.06. The summed E-state index contributed by atoms with van der Waals surface area (Å²) in [5.74, 6) is 0.824. The molecule has 3 rings (SSSR count). The van der Waals surface area contributed by atoms with Gasteiger partial charge in [-0.2, -0.15) is 0 Å². The maximum atomic E-state index is 12.6. The predicted octanol–water partition coefficient (Wildman–Crippen LogP) is 4.73. The standard InChI is InChI=1S/C19H15I2NO5S/c1-26-14-4-2-3-5-15(14)27-7-6-22-18(24)16(28-19(22)25)9-11-8-12(20)10-13(21)17(11)23/h2-5,8-10,23H,6-7H2,1H3/b16-9-. The number of carbonyl (C=O) groups is 2. The lowest BCUT2D eigenvalue weighted by molar-refractivity contribution is -0.123. The van der Waals surface area contributed by atoms with Crippen LogP contribution in [0.1, 0.15) is 5.56 Å². The fraction of sp³-hybridized carbons (Fsp3) is 0.158. The van der Waals surface area contributed by atoms with E-state index in [1.165, 1.54) is 0 Å². The molecule has 0 aromatic heterocycles. The second-order valence-electron chi connectivity index (χ2n) is 5.66. The molecule has 0 radical (unpaired) electrons. The number of rotatable bonds is 6. The van der Waals surface area contributed by atoms with Gasteiger partial charge in [0.15, 0.2) is 11.5 Å². The van der Waals surface area contributed by atoms with Gasteiger partial charge in [-0.05, 0) is 87.3 Å². The number of aromatic hydroxyl groups is 1. The largest absolute Gasteiger partial charge is 0.506 e. The summed E-state index contributed by atoms with van der Waals surface area (Å²) in [6.45, 7) is 0.272. The predicted molar refractivity (Wildman–Crippen MR) is 125 cm³/mol. The molecular formula is C19H15I2NO5S. The third-order valence-electron chi connectivity index (χ3n) is 3.86. The summed E-state index contributed by atoms with van der Waals surface area (Å²) in [5.41, 5.74) is 0.507. The molecule has 146 valence electrons. The van der Waals surface area contributed by atoms with Gasteiger partial charge in [0, 0.05) is 9.13 Å². The summed E-state index contributed by atoms with van der Waals surface area (Å²) in [5, 5.41) is 9.85. The van der Waals surface area contributed by atoms with Crippen molar-refractivity contribution in [1.29, 1.82) is 0 Å². The topological polar surface area (TPSA) is 76.1 Å². The summed E-state index contributed by atoms with van der Waals surface area (Å²) in [7, 11) is 1.55. The van der Waals surface area contributed by atoms with E-state index in [1.54, 1.807) is 31.4 Å². The molecule has 2 aromatic rings. The molecule has 0 atom stereocenters. The van der Waals surface area contributed by atoms with E-state index in [4.69, 9.17) is 9.47 Å². The molecule has 2 amide bonds. The molecular weight excluding hydrogens is 608 g/mol. The van der Waals surface area contributed by atoms with Gasteiger partial charge in [0.2, 0.25) is 0 Å². The molecule has 0 unspecified atom stereocenters. The third kappa shape index (κ3) is 4.74. The van der Waals surface area contributed by atoms with Crippen LogP contribution in [0.25, 0.3) is 6.08 Å². The number of hydrogen-bond acceptors (Lipinski definition) is 6. The van der Waals surface area contributed by atoms with Gasteiger partial charge in [-0.25, -0.2) is 0 Å². The summed E-state index contributed by atoms with van der Waals surface area (Å²) in [6.07, 6.45) is 1.55. The van der Waals surface area contributed by atoms with E-state index in [2.05, 4.69) is 22.6 Å². The lowest BCUT2D eigenvalue weighted by atomic mass is 10.2. The highest BCUT2D eigenvalue weighted by atomic mass is 127. The number of hydrogen-bond donors (Lipinski definition) is 1. The van der Waals surface area contributed by atoms with Crippen LogP contribution < -0.4 is 9.47 Å².